The van der Waals surface area contributed by atoms with Gasteiger partial charge in [-0.3, -0.25) is 9.59 Å². The summed E-state index contributed by atoms with van der Waals surface area (Å²) in [7, 11) is 0. The fraction of sp³-hybridized carbons (Fsp3) is 0.610. The summed E-state index contributed by atoms with van der Waals surface area (Å²) in [4.78, 5) is 24.2. The highest BCUT2D eigenvalue weighted by Gasteiger charge is 2.15. The second-order valence-corrected chi connectivity index (χ2v) is 11.6. The van der Waals surface area contributed by atoms with Crippen LogP contribution in [0.15, 0.2) is 85.1 Å². The number of hydrogen-bond donors (Lipinski definition) is 1. The van der Waals surface area contributed by atoms with Crippen molar-refractivity contribution in [2.75, 3.05) is 13.2 Å². The van der Waals surface area contributed by atoms with Gasteiger partial charge in [-0.05, 0) is 83.5 Å². The molecule has 5 heteroatoms. The number of aliphatic hydroxyl groups is 1. The molecule has 260 valence electrons. The smallest absolute Gasteiger partial charge is 0.306 e. The summed E-state index contributed by atoms with van der Waals surface area (Å²) in [5, 5.41) is 9.52. The van der Waals surface area contributed by atoms with Crippen molar-refractivity contribution in [3.05, 3.63) is 85.1 Å². The van der Waals surface area contributed by atoms with Crippen molar-refractivity contribution in [2.24, 2.45) is 0 Å². The van der Waals surface area contributed by atoms with Gasteiger partial charge in [-0.15, -0.1) is 0 Å². The molecule has 0 saturated carbocycles. The van der Waals surface area contributed by atoms with Gasteiger partial charge in [0.05, 0.1) is 6.61 Å². The highest BCUT2D eigenvalue weighted by atomic mass is 16.6. The van der Waals surface area contributed by atoms with Gasteiger partial charge in [0.2, 0.25) is 0 Å². The van der Waals surface area contributed by atoms with Crippen LogP contribution in [0.5, 0.6) is 0 Å². The molecule has 0 aromatic rings. The van der Waals surface area contributed by atoms with Crippen molar-refractivity contribution in [1.29, 1.82) is 0 Å². The highest BCUT2D eigenvalue weighted by molar-refractivity contribution is 5.70. The number of carbonyl (C=O) groups is 2. The average molecular weight is 639 g/mol. The first-order chi connectivity index (χ1) is 22.6. The zero-order valence-corrected chi connectivity index (χ0v) is 29.3. The number of allylic oxidation sites excluding steroid dienone is 14. The highest BCUT2D eigenvalue weighted by Crippen LogP contribution is 2.10. The third-order valence-corrected chi connectivity index (χ3v) is 7.17. The molecule has 0 aliphatic carbocycles. The van der Waals surface area contributed by atoms with E-state index < -0.39 is 6.10 Å². The Morgan fingerprint density at radius 2 is 0.957 bits per heavy atom. The maximum Gasteiger partial charge on any atom is 0.306 e. The Balaban J connectivity index is 3.74. The first-order valence-electron chi connectivity index (χ1n) is 18.1. The monoisotopic (exact) mass is 638 g/mol. The van der Waals surface area contributed by atoms with Crippen molar-refractivity contribution >= 4 is 11.9 Å². The molecular weight excluding hydrogens is 572 g/mol. The molecule has 0 rings (SSSR count). The maximum absolute atomic E-state index is 12.1. The summed E-state index contributed by atoms with van der Waals surface area (Å²) < 4.78 is 10.5. The minimum atomic E-state index is -0.805. The van der Waals surface area contributed by atoms with Gasteiger partial charge < -0.3 is 14.6 Å². The van der Waals surface area contributed by atoms with Crippen LogP contribution in [0.3, 0.4) is 0 Å². The van der Waals surface area contributed by atoms with Crippen LogP contribution in [0.2, 0.25) is 0 Å². The van der Waals surface area contributed by atoms with Gasteiger partial charge in [0.25, 0.3) is 0 Å². The number of esters is 2. The molecular formula is C41H66O5. The molecule has 0 saturated heterocycles. The first kappa shape index (κ1) is 43.1. The molecule has 0 aliphatic rings. The number of ether oxygens (including phenoxy) is 2. The predicted molar refractivity (Wildman–Crippen MR) is 196 cm³/mol. The minimum Gasteiger partial charge on any atom is -0.462 e. The van der Waals surface area contributed by atoms with Crippen LogP contribution in [0.4, 0.5) is 0 Å². The standard InChI is InChI=1S/C41H66O5/c1-3-5-7-9-11-13-15-17-19-20-22-23-25-27-29-31-33-35-40(43)45-38-39(37-42)46-41(44)36-34-32-30-28-26-24-21-18-16-14-12-10-8-6-4-2/h5,7,11-14,17-19,21-23,27,29,39,42H,3-4,6,8-10,15-16,20,24-26,28,30-38H2,1-2H3/b7-5+,13-11+,14-12+,19-17+,21-18+,23-22+,29-27+/t39-/m0/s1. The van der Waals surface area contributed by atoms with Crippen LogP contribution in [-0.4, -0.2) is 36.4 Å². The lowest BCUT2D eigenvalue weighted by atomic mass is 10.1. The van der Waals surface area contributed by atoms with Gasteiger partial charge in [0, 0.05) is 12.8 Å². The molecule has 0 unspecified atom stereocenters. The Kier molecular flexibility index (Phi) is 34.2. The Morgan fingerprint density at radius 3 is 1.48 bits per heavy atom. The van der Waals surface area contributed by atoms with E-state index in [-0.39, 0.29) is 25.2 Å². The van der Waals surface area contributed by atoms with Crippen molar-refractivity contribution in [1.82, 2.24) is 0 Å². The molecule has 5 nitrogen and oxygen atoms in total. The van der Waals surface area contributed by atoms with Crippen molar-refractivity contribution in [2.45, 2.75) is 148 Å². The average Bonchev–Trinajstić information content (AvgIpc) is 3.06. The van der Waals surface area contributed by atoms with Gasteiger partial charge in [-0.25, -0.2) is 0 Å². The van der Waals surface area contributed by atoms with Crippen LogP contribution < -0.4 is 0 Å². The second kappa shape index (κ2) is 36.5. The van der Waals surface area contributed by atoms with Crippen molar-refractivity contribution < 1.29 is 24.2 Å². The molecule has 0 aromatic carbocycles. The molecule has 0 bridgehead atoms. The molecule has 0 amide bonds. The normalized spacial score (nSPS) is 13.2. The topological polar surface area (TPSA) is 72.8 Å². The van der Waals surface area contributed by atoms with E-state index in [9.17, 15) is 14.7 Å². The number of aliphatic hydroxyl groups excluding tert-OH is 1. The van der Waals surface area contributed by atoms with Crippen LogP contribution in [0.25, 0.3) is 0 Å². The molecule has 0 heterocycles. The first-order valence-corrected chi connectivity index (χ1v) is 18.1. The lowest BCUT2D eigenvalue weighted by molar-refractivity contribution is -0.161. The summed E-state index contributed by atoms with van der Waals surface area (Å²) >= 11 is 0. The Labute approximate surface area is 282 Å². The van der Waals surface area contributed by atoms with Crippen LogP contribution >= 0.6 is 0 Å². The summed E-state index contributed by atoms with van der Waals surface area (Å²) in [6.45, 7) is 3.91. The molecule has 0 radical (unpaired) electrons. The van der Waals surface area contributed by atoms with E-state index >= 15 is 0 Å². The number of hydrogen-bond acceptors (Lipinski definition) is 5. The molecule has 1 atom stereocenters. The molecule has 0 aliphatic heterocycles. The van der Waals surface area contributed by atoms with Crippen molar-refractivity contribution in [3.63, 3.8) is 0 Å². The molecule has 1 N–H and O–H groups in total. The summed E-state index contributed by atoms with van der Waals surface area (Å²) in [5.74, 6) is -0.685. The lowest BCUT2D eigenvalue weighted by Gasteiger charge is -2.15. The molecule has 0 fully saturated rings. The third-order valence-electron chi connectivity index (χ3n) is 7.17. The number of carbonyl (C=O) groups excluding carboxylic acids is 2. The van der Waals surface area contributed by atoms with Gasteiger partial charge >= 0.3 is 11.9 Å². The van der Waals surface area contributed by atoms with E-state index in [1.165, 1.54) is 32.1 Å². The Bertz CT molecular complexity index is 906. The fourth-order valence-corrected chi connectivity index (χ4v) is 4.44. The second-order valence-electron chi connectivity index (χ2n) is 11.6. The van der Waals surface area contributed by atoms with E-state index in [1.807, 2.05) is 0 Å². The van der Waals surface area contributed by atoms with Gasteiger partial charge in [0.1, 0.15) is 6.61 Å². The third kappa shape index (κ3) is 34.0. The number of unbranched alkanes of at least 4 members (excludes halogenated alkanes) is 9. The lowest BCUT2D eigenvalue weighted by Crippen LogP contribution is -2.28. The zero-order valence-electron chi connectivity index (χ0n) is 29.3. The summed E-state index contributed by atoms with van der Waals surface area (Å²) in [6.07, 6.45) is 49.2. The van der Waals surface area contributed by atoms with Gasteiger partial charge in [-0.2, -0.15) is 0 Å². The fourth-order valence-electron chi connectivity index (χ4n) is 4.44. The molecule has 0 spiro atoms. The van der Waals surface area contributed by atoms with Crippen LogP contribution in [-0.2, 0) is 19.1 Å². The van der Waals surface area contributed by atoms with Gasteiger partial charge in [0.15, 0.2) is 6.10 Å². The summed E-state index contributed by atoms with van der Waals surface area (Å²) in [5.41, 5.74) is 0. The maximum atomic E-state index is 12.1. The van der Waals surface area contributed by atoms with E-state index in [4.69, 9.17) is 9.47 Å². The van der Waals surface area contributed by atoms with E-state index in [0.29, 0.717) is 19.3 Å². The largest absolute Gasteiger partial charge is 0.462 e. The Hall–Kier alpha value is -2.92. The predicted octanol–water partition coefficient (Wildman–Crippen LogP) is 11.2. The molecule has 0 aromatic heterocycles. The van der Waals surface area contributed by atoms with Crippen molar-refractivity contribution in [3.8, 4) is 0 Å². The minimum absolute atomic E-state index is 0.106. The summed E-state index contributed by atoms with van der Waals surface area (Å²) in [6, 6.07) is 0. The van der Waals surface area contributed by atoms with Gasteiger partial charge in [-0.1, -0.05) is 131 Å². The number of rotatable bonds is 31. The Morgan fingerprint density at radius 1 is 0.522 bits per heavy atom. The van der Waals surface area contributed by atoms with E-state index in [1.54, 1.807) is 0 Å². The quantitative estimate of drug-likeness (QED) is 0.0465. The van der Waals surface area contributed by atoms with Crippen LogP contribution in [0.1, 0.15) is 142 Å². The van der Waals surface area contributed by atoms with Crippen LogP contribution in [0, 0.1) is 0 Å². The molecule has 46 heavy (non-hydrogen) atoms. The van der Waals surface area contributed by atoms with E-state index in [2.05, 4.69) is 98.9 Å². The zero-order chi connectivity index (χ0) is 33.6. The SMILES string of the molecule is CC/C=C/C/C=C/C/C=C/C/C=C/C/C=C/CCCC(=O)OC[C@H](CO)OC(=O)CCCCCCC/C=C/C/C=C/CCCCC. The van der Waals surface area contributed by atoms with E-state index in [0.717, 1.165) is 77.0 Å².